The van der Waals surface area contributed by atoms with Crippen molar-refractivity contribution in [1.29, 1.82) is 0 Å². The average Bonchev–Trinajstić information content (AvgIpc) is 2.04. The van der Waals surface area contributed by atoms with Gasteiger partial charge in [-0.25, -0.2) is 0 Å². The second-order valence-corrected chi connectivity index (χ2v) is 2.36. The molecule has 0 bridgehead atoms. The van der Waals surface area contributed by atoms with Crippen LogP contribution in [0.15, 0.2) is 42.4 Å². The van der Waals surface area contributed by atoms with E-state index in [2.05, 4.69) is 5.32 Å². The maximum absolute atomic E-state index is 10.0. The van der Waals surface area contributed by atoms with Crippen molar-refractivity contribution in [2.24, 2.45) is 5.73 Å². The van der Waals surface area contributed by atoms with Crippen LogP contribution in [0.1, 0.15) is 0 Å². The Kier molecular flexibility index (Phi) is 2.86. The van der Waals surface area contributed by atoms with Crippen molar-refractivity contribution in [1.82, 2.24) is 0 Å². The third-order valence-corrected chi connectivity index (χ3v) is 1.31. The van der Waals surface area contributed by atoms with Gasteiger partial charge in [0.05, 0.1) is 4.92 Å². The number of nitrogens with one attached hydrogen (secondary N) is 1. The molecule has 3 N–H and O–H groups in total. The van der Waals surface area contributed by atoms with Crippen LogP contribution in [-0.4, -0.2) is 4.92 Å². The van der Waals surface area contributed by atoms with Gasteiger partial charge in [0, 0.05) is 5.69 Å². The Bertz CT molecular complexity index is 321. The van der Waals surface area contributed by atoms with Gasteiger partial charge >= 0.3 is 0 Å². The van der Waals surface area contributed by atoms with Crippen LogP contribution in [0, 0.1) is 10.1 Å². The van der Waals surface area contributed by atoms with Crippen LogP contribution in [0.2, 0.25) is 0 Å². The lowest BCUT2D eigenvalue weighted by Gasteiger charge is -2.02. The molecule has 0 saturated heterocycles. The number of nitro groups is 1. The SMILES string of the molecule is N/C(=C\[N+](=O)[O-])Nc1ccccc1. The molecule has 0 spiro atoms. The molecular formula is C8H9N3O2. The maximum Gasteiger partial charge on any atom is 0.274 e. The smallest absolute Gasteiger partial charge is 0.274 e. The first-order chi connectivity index (χ1) is 6.18. The molecule has 0 saturated carbocycles. The monoisotopic (exact) mass is 179 g/mol. The van der Waals surface area contributed by atoms with Crippen LogP contribution in [0.4, 0.5) is 5.69 Å². The zero-order valence-corrected chi connectivity index (χ0v) is 6.81. The van der Waals surface area contributed by atoms with Crippen LogP contribution in [0.25, 0.3) is 0 Å². The van der Waals surface area contributed by atoms with E-state index in [1.54, 1.807) is 12.1 Å². The molecule has 0 aliphatic heterocycles. The molecule has 13 heavy (non-hydrogen) atoms. The minimum Gasteiger partial charge on any atom is -0.380 e. The third-order valence-electron chi connectivity index (χ3n) is 1.31. The molecule has 0 aromatic heterocycles. The fraction of sp³-hybridized carbons (Fsp3) is 0. The fourth-order valence-electron chi connectivity index (χ4n) is 0.834. The molecule has 0 amide bonds. The van der Waals surface area contributed by atoms with Gasteiger partial charge in [0.15, 0.2) is 5.82 Å². The maximum atomic E-state index is 10.0. The molecule has 1 aromatic carbocycles. The largest absolute Gasteiger partial charge is 0.380 e. The molecule has 1 aromatic rings. The summed E-state index contributed by atoms with van der Waals surface area (Å²) < 4.78 is 0. The normalized spacial score (nSPS) is 10.9. The first-order valence-electron chi connectivity index (χ1n) is 3.61. The molecule has 0 atom stereocenters. The van der Waals surface area contributed by atoms with E-state index in [0.717, 1.165) is 5.69 Å². The predicted molar refractivity (Wildman–Crippen MR) is 49.3 cm³/mol. The second kappa shape index (κ2) is 4.10. The van der Waals surface area contributed by atoms with Crippen molar-refractivity contribution >= 4 is 5.69 Å². The summed E-state index contributed by atoms with van der Waals surface area (Å²) in [4.78, 5) is 9.40. The Morgan fingerprint density at radius 3 is 2.62 bits per heavy atom. The Morgan fingerprint density at radius 1 is 1.46 bits per heavy atom. The lowest BCUT2D eigenvalue weighted by atomic mass is 10.3. The Balaban J connectivity index is 2.65. The highest BCUT2D eigenvalue weighted by Crippen LogP contribution is 2.05. The van der Waals surface area contributed by atoms with Crippen LogP contribution in [0.3, 0.4) is 0 Å². The van der Waals surface area contributed by atoms with Gasteiger partial charge < -0.3 is 11.1 Å². The Morgan fingerprint density at radius 2 is 2.08 bits per heavy atom. The van der Waals surface area contributed by atoms with E-state index in [1.165, 1.54) is 0 Å². The summed E-state index contributed by atoms with van der Waals surface area (Å²) >= 11 is 0. The van der Waals surface area contributed by atoms with Gasteiger partial charge in [-0.05, 0) is 12.1 Å². The first kappa shape index (κ1) is 9.05. The molecule has 5 heteroatoms. The highest BCUT2D eigenvalue weighted by molar-refractivity contribution is 5.46. The zero-order chi connectivity index (χ0) is 9.68. The van der Waals surface area contributed by atoms with E-state index in [9.17, 15) is 10.1 Å². The van der Waals surface area contributed by atoms with Crippen molar-refractivity contribution in [3.63, 3.8) is 0 Å². The van der Waals surface area contributed by atoms with Gasteiger partial charge in [-0.15, -0.1) is 0 Å². The molecule has 0 aliphatic rings. The van der Waals surface area contributed by atoms with E-state index in [1.807, 2.05) is 18.2 Å². The number of rotatable bonds is 3. The fourth-order valence-corrected chi connectivity index (χ4v) is 0.834. The molecule has 68 valence electrons. The molecule has 0 aliphatic carbocycles. The van der Waals surface area contributed by atoms with Crippen molar-refractivity contribution in [2.75, 3.05) is 5.32 Å². The van der Waals surface area contributed by atoms with E-state index in [0.29, 0.717) is 6.20 Å². The highest BCUT2D eigenvalue weighted by Gasteiger charge is 1.96. The third kappa shape index (κ3) is 3.24. The highest BCUT2D eigenvalue weighted by atomic mass is 16.6. The first-order valence-corrected chi connectivity index (χ1v) is 3.61. The topological polar surface area (TPSA) is 81.2 Å². The van der Waals surface area contributed by atoms with Gasteiger partial charge in [-0.3, -0.25) is 10.1 Å². The summed E-state index contributed by atoms with van der Waals surface area (Å²) in [7, 11) is 0. The van der Waals surface area contributed by atoms with Gasteiger partial charge in [0.2, 0.25) is 0 Å². The van der Waals surface area contributed by atoms with Crippen LogP contribution in [0.5, 0.6) is 0 Å². The minimum absolute atomic E-state index is 0.0104. The van der Waals surface area contributed by atoms with Gasteiger partial charge in [-0.2, -0.15) is 0 Å². The summed E-state index contributed by atoms with van der Waals surface area (Å²) in [6, 6.07) is 8.99. The van der Waals surface area contributed by atoms with Crippen LogP contribution < -0.4 is 11.1 Å². The van der Waals surface area contributed by atoms with E-state index >= 15 is 0 Å². The Hall–Kier alpha value is -2.04. The second-order valence-electron chi connectivity index (χ2n) is 2.36. The standard InChI is InChI=1S/C8H9N3O2/c9-8(6-11(12)13)10-7-4-2-1-3-5-7/h1-6,10H,9H2/b8-6+. The predicted octanol–water partition coefficient (Wildman–Crippen LogP) is 1.13. The van der Waals surface area contributed by atoms with Gasteiger partial charge in [0.25, 0.3) is 6.20 Å². The zero-order valence-electron chi connectivity index (χ0n) is 6.81. The summed E-state index contributed by atoms with van der Waals surface area (Å²) in [5, 5.41) is 12.7. The number of hydrogen-bond acceptors (Lipinski definition) is 4. The van der Waals surface area contributed by atoms with Crippen LogP contribution >= 0.6 is 0 Å². The number of nitrogens with zero attached hydrogens (tertiary/aromatic N) is 1. The van der Waals surface area contributed by atoms with Gasteiger partial charge in [0.1, 0.15) is 0 Å². The van der Waals surface area contributed by atoms with Crippen molar-refractivity contribution < 1.29 is 4.92 Å². The van der Waals surface area contributed by atoms with E-state index in [4.69, 9.17) is 5.73 Å². The average molecular weight is 179 g/mol. The molecule has 5 nitrogen and oxygen atoms in total. The summed E-state index contributed by atoms with van der Waals surface area (Å²) in [6.45, 7) is 0. The molecule has 0 fully saturated rings. The van der Waals surface area contributed by atoms with Crippen molar-refractivity contribution in [3.8, 4) is 0 Å². The van der Waals surface area contributed by atoms with Gasteiger partial charge in [-0.1, -0.05) is 18.2 Å². The quantitative estimate of drug-likeness (QED) is 0.538. The summed E-state index contributed by atoms with van der Waals surface area (Å²) in [6.07, 6.45) is 0.715. The summed E-state index contributed by atoms with van der Waals surface area (Å²) in [5.41, 5.74) is 6.04. The van der Waals surface area contributed by atoms with Crippen molar-refractivity contribution in [3.05, 3.63) is 52.5 Å². The summed E-state index contributed by atoms with van der Waals surface area (Å²) in [5.74, 6) is 0.0104. The number of nitrogens with two attached hydrogens (primary N) is 1. The Labute approximate surface area is 75.0 Å². The number of anilines is 1. The molecule has 0 heterocycles. The number of benzene rings is 1. The number of para-hydroxylation sites is 1. The lowest BCUT2D eigenvalue weighted by Crippen LogP contribution is -2.10. The molecule has 0 radical (unpaired) electrons. The van der Waals surface area contributed by atoms with E-state index in [-0.39, 0.29) is 5.82 Å². The minimum atomic E-state index is -0.606. The van der Waals surface area contributed by atoms with E-state index < -0.39 is 4.92 Å². The molecular weight excluding hydrogens is 170 g/mol. The van der Waals surface area contributed by atoms with Crippen LogP contribution in [-0.2, 0) is 0 Å². The molecule has 1 rings (SSSR count). The molecule has 0 unspecified atom stereocenters. The number of hydrogen-bond donors (Lipinski definition) is 2. The lowest BCUT2D eigenvalue weighted by molar-refractivity contribution is -0.403. The van der Waals surface area contributed by atoms with Crippen molar-refractivity contribution in [2.45, 2.75) is 0 Å².